The van der Waals surface area contributed by atoms with E-state index in [0.717, 1.165) is 0 Å². The van der Waals surface area contributed by atoms with Crippen molar-refractivity contribution in [1.29, 1.82) is 0 Å². The van der Waals surface area contributed by atoms with Crippen LogP contribution in [0.1, 0.15) is 36.7 Å². The van der Waals surface area contributed by atoms with Crippen LogP contribution in [0.3, 0.4) is 0 Å². The molecule has 0 bridgehead atoms. The first-order valence-corrected chi connectivity index (χ1v) is 6.59. The summed E-state index contributed by atoms with van der Waals surface area (Å²) in [7, 11) is 0. The van der Waals surface area contributed by atoms with Crippen molar-refractivity contribution in [3.8, 4) is 0 Å². The van der Waals surface area contributed by atoms with Gasteiger partial charge < -0.3 is 9.64 Å². The molecule has 1 aromatic carbocycles. The van der Waals surface area contributed by atoms with Crippen molar-refractivity contribution in [3.05, 3.63) is 35.1 Å². The summed E-state index contributed by atoms with van der Waals surface area (Å²) < 4.78 is 18.1. The molecule has 0 aliphatic carbocycles. The fourth-order valence-corrected chi connectivity index (χ4v) is 1.81. The summed E-state index contributed by atoms with van der Waals surface area (Å²) >= 11 is 0. The average molecular weight is 281 g/mol. The second kappa shape index (κ2) is 7.03. The molecule has 0 unspecified atom stereocenters. The first-order valence-electron chi connectivity index (χ1n) is 6.59. The topological polar surface area (TPSA) is 46.6 Å². The van der Waals surface area contributed by atoms with Crippen LogP contribution in [0.2, 0.25) is 0 Å². The zero-order chi connectivity index (χ0) is 15.3. The van der Waals surface area contributed by atoms with Gasteiger partial charge in [-0.1, -0.05) is 6.07 Å². The number of amides is 1. The van der Waals surface area contributed by atoms with Crippen LogP contribution < -0.4 is 0 Å². The van der Waals surface area contributed by atoms with Gasteiger partial charge in [0, 0.05) is 11.6 Å². The van der Waals surface area contributed by atoms with Gasteiger partial charge in [0.05, 0.1) is 6.61 Å². The summed E-state index contributed by atoms with van der Waals surface area (Å²) in [4.78, 5) is 25.4. The summed E-state index contributed by atoms with van der Waals surface area (Å²) in [6.45, 7) is 7.15. The molecule has 20 heavy (non-hydrogen) atoms. The summed E-state index contributed by atoms with van der Waals surface area (Å²) in [5, 5.41) is 0. The molecule has 0 fully saturated rings. The van der Waals surface area contributed by atoms with Crippen LogP contribution in [0.25, 0.3) is 0 Å². The molecule has 0 heterocycles. The molecule has 0 aliphatic heterocycles. The number of carbonyl (C=O) groups is 2. The Morgan fingerprint density at radius 3 is 2.55 bits per heavy atom. The summed E-state index contributed by atoms with van der Waals surface area (Å²) in [5.74, 6) is -1.31. The first kappa shape index (κ1) is 16.1. The van der Waals surface area contributed by atoms with Gasteiger partial charge >= 0.3 is 5.97 Å². The SMILES string of the molecule is CCOC(=O)CN(C(=O)c1cc(F)ccc1C)C(C)C. The Hall–Kier alpha value is -1.91. The van der Waals surface area contributed by atoms with E-state index in [4.69, 9.17) is 4.74 Å². The maximum absolute atomic E-state index is 13.3. The van der Waals surface area contributed by atoms with Crippen LogP contribution in [0.5, 0.6) is 0 Å². The fourth-order valence-electron chi connectivity index (χ4n) is 1.81. The standard InChI is InChI=1S/C15H20FNO3/c1-5-20-14(18)9-17(10(2)3)15(19)13-8-12(16)7-6-11(13)4/h6-8,10H,5,9H2,1-4H3. The van der Waals surface area contributed by atoms with E-state index in [0.29, 0.717) is 5.56 Å². The van der Waals surface area contributed by atoms with E-state index in [1.54, 1.807) is 33.8 Å². The maximum Gasteiger partial charge on any atom is 0.325 e. The fraction of sp³-hybridized carbons (Fsp3) is 0.467. The van der Waals surface area contributed by atoms with Gasteiger partial charge in [-0.05, 0) is 45.4 Å². The lowest BCUT2D eigenvalue weighted by Gasteiger charge is -2.26. The molecule has 0 N–H and O–H groups in total. The molecule has 4 nitrogen and oxygen atoms in total. The van der Waals surface area contributed by atoms with E-state index < -0.39 is 11.8 Å². The Bertz CT molecular complexity index is 500. The Labute approximate surface area is 118 Å². The van der Waals surface area contributed by atoms with E-state index in [9.17, 15) is 14.0 Å². The highest BCUT2D eigenvalue weighted by molar-refractivity contribution is 5.97. The minimum Gasteiger partial charge on any atom is -0.465 e. The van der Waals surface area contributed by atoms with Crippen LogP contribution in [0.4, 0.5) is 4.39 Å². The lowest BCUT2D eigenvalue weighted by atomic mass is 10.1. The summed E-state index contributed by atoms with van der Waals surface area (Å²) in [5.41, 5.74) is 0.939. The number of esters is 1. The smallest absolute Gasteiger partial charge is 0.325 e. The van der Waals surface area contributed by atoms with Crippen molar-refractivity contribution in [2.75, 3.05) is 13.2 Å². The van der Waals surface area contributed by atoms with E-state index in [1.807, 2.05) is 0 Å². The Kier molecular flexibility index (Phi) is 5.67. The van der Waals surface area contributed by atoms with E-state index in [2.05, 4.69) is 0 Å². The van der Waals surface area contributed by atoms with Crippen molar-refractivity contribution < 1.29 is 18.7 Å². The number of hydrogen-bond acceptors (Lipinski definition) is 3. The second-order valence-electron chi connectivity index (χ2n) is 4.79. The highest BCUT2D eigenvalue weighted by atomic mass is 19.1. The molecule has 0 saturated carbocycles. The summed E-state index contributed by atoms with van der Waals surface area (Å²) in [6.07, 6.45) is 0. The molecule has 1 rings (SSSR count). The quantitative estimate of drug-likeness (QED) is 0.779. The molecule has 0 aliphatic rings. The van der Waals surface area contributed by atoms with Crippen LogP contribution in [0.15, 0.2) is 18.2 Å². The van der Waals surface area contributed by atoms with Gasteiger partial charge in [0.25, 0.3) is 5.91 Å². The van der Waals surface area contributed by atoms with Crippen molar-refractivity contribution in [3.63, 3.8) is 0 Å². The third-order valence-corrected chi connectivity index (χ3v) is 2.92. The van der Waals surface area contributed by atoms with E-state index >= 15 is 0 Å². The van der Waals surface area contributed by atoms with Gasteiger partial charge in [-0.3, -0.25) is 9.59 Å². The van der Waals surface area contributed by atoms with E-state index in [-0.39, 0.29) is 30.7 Å². The van der Waals surface area contributed by atoms with Gasteiger partial charge in [0.15, 0.2) is 0 Å². The normalized spacial score (nSPS) is 10.5. The molecule has 1 amide bonds. The molecular weight excluding hydrogens is 261 g/mol. The molecule has 110 valence electrons. The Balaban J connectivity index is 2.99. The molecule has 0 aromatic heterocycles. The zero-order valence-corrected chi connectivity index (χ0v) is 12.3. The maximum atomic E-state index is 13.3. The number of ether oxygens (including phenoxy) is 1. The Morgan fingerprint density at radius 2 is 2.00 bits per heavy atom. The van der Waals surface area contributed by atoms with Gasteiger partial charge in [-0.2, -0.15) is 0 Å². The third-order valence-electron chi connectivity index (χ3n) is 2.92. The lowest BCUT2D eigenvalue weighted by molar-refractivity contribution is -0.144. The molecule has 5 heteroatoms. The van der Waals surface area contributed by atoms with Gasteiger partial charge in [0.2, 0.25) is 0 Å². The third kappa shape index (κ3) is 4.05. The molecule has 0 saturated heterocycles. The number of nitrogens with zero attached hydrogens (tertiary/aromatic N) is 1. The monoisotopic (exact) mass is 281 g/mol. The predicted molar refractivity (Wildman–Crippen MR) is 73.9 cm³/mol. The number of carbonyl (C=O) groups excluding carboxylic acids is 2. The van der Waals surface area contributed by atoms with Crippen molar-refractivity contribution in [1.82, 2.24) is 4.90 Å². The van der Waals surface area contributed by atoms with Crippen molar-refractivity contribution in [2.45, 2.75) is 33.7 Å². The van der Waals surface area contributed by atoms with Crippen LogP contribution >= 0.6 is 0 Å². The predicted octanol–water partition coefficient (Wildman–Crippen LogP) is 2.55. The minimum atomic E-state index is -0.473. The summed E-state index contributed by atoms with van der Waals surface area (Å²) in [6, 6.07) is 3.86. The van der Waals surface area contributed by atoms with Crippen LogP contribution in [0, 0.1) is 12.7 Å². The van der Waals surface area contributed by atoms with Gasteiger partial charge in [0.1, 0.15) is 12.4 Å². The second-order valence-corrected chi connectivity index (χ2v) is 4.79. The molecule has 0 atom stereocenters. The zero-order valence-electron chi connectivity index (χ0n) is 12.3. The number of rotatable bonds is 5. The number of aryl methyl sites for hydroxylation is 1. The van der Waals surface area contributed by atoms with Gasteiger partial charge in [-0.25, -0.2) is 4.39 Å². The number of hydrogen-bond donors (Lipinski definition) is 0. The molecule has 0 spiro atoms. The number of benzene rings is 1. The lowest BCUT2D eigenvalue weighted by Crippen LogP contribution is -2.41. The van der Waals surface area contributed by atoms with Crippen LogP contribution in [-0.2, 0) is 9.53 Å². The molecular formula is C15H20FNO3. The Morgan fingerprint density at radius 1 is 1.35 bits per heavy atom. The van der Waals surface area contributed by atoms with Crippen molar-refractivity contribution >= 4 is 11.9 Å². The highest BCUT2D eigenvalue weighted by Crippen LogP contribution is 2.15. The average Bonchev–Trinajstić information content (AvgIpc) is 2.38. The molecule has 0 radical (unpaired) electrons. The first-order chi connectivity index (χ1) is 9.36. The largest absolute Gasteiger partial charge is 0.465 e. The highest BCUT2D eigenvalue weighted by Gasteiger charge is 2.23. The number of halogens is 1. The minimum absolute atomic E-state index is 0.139. The van der Waals surface area contributed by atoms with Crippen LogP contribution in [-0.4, -0.2) is 36.0 Å². The van der Waals surface area contributed by atoms with Gasteiger partial charge in [-0.15, -0.1) is 0 Å². The van der Waals surface area contributed by atoms with E-state index in [1.165, 1.54) is 17.0 Å². The molecule has 1 aromatic rings. The van der Waals surface area contributed by atoms with Crippen molar-refractivity contribution in [2.24, 2.45) is 0 Å².